The van der Waals surface area contributed by atoms with Crippen LogP contribution >= 0.6 is 15.9 Å². The summed E-state index contributed by atoms with van der Waals surface area (Å²) >= 11 is 3.20. The molecule has 0 saturated heterocycles. The minimum atomic E-state index is -1.00. The molecule has 0 amide bonds. The SMILES string of the molecule is COCCNCC(C)(O)c1ccc(Br)o1. The van der Waals surface area contributed by atoms with Crippen LogP contribution in [0.1, 0.15) is 12.7 Å². The van der Waals surface area contributed by atoms with Gasteiger partial charge in [-0.1, -0.05) is 0 Å². The number of hydrogen-bond donors (Lipinski definition) is 2. The average Bonchev–Trinajstić information content (AvgIpc) is 2.60. The van der Waals surface area contributed by atoms with Crippen molar-refractivity contribution in [3.8, 4) is 0 Å². The van der Waals surface area contributed by atoms with Gasteiger partial charge in [0.1, 0.15) is 11.4 Å². The standard InChI is InChI=1S/C10H16BrNO3/c1-10(13,7-12-5-6-14-2)8-3-4-9(11)15-8/h3-4,12-13H,5-7H2,1-2H3. The van der Waals surface area contributed by atoms with Crippen LogP contribution < -0.4 is 5.32 Å². The Morgan fingerprint density at radius 3 is 2.87 bits per heavy atom. The molecule has 0 aliphatic rings. The van der Waals surface area contributed by atoms with Gasteiger partial charge in [-0.25, -0.2) is 0 Å². The predicted molar refractivity (Wildman–Crippen MR) is 60.7 cm³/mol. The van der Waals surface area contributed by atoms with E-state index in [0.29, 0.717) is 30.1 Å². The van der Waals surface area contributed by atoms with Gasteiger partial charge in [0.15, 0.2) is 4.67 Å². The summed E-state index contributed by atoms with van der Waals surface area (Å²) in [6.45, 7) is 3.46. The van der Waals surface area contributed by atoms with Crippen LogP contribution in [0.25, 0.3) is 0 Å². The van der Waals surface area contributed by atoms with E-state index in [4.69, 9.17) is 9.15 Å². The Kier molecular flexibility index (Phi) is 4.79. The second kappa shape index (κ2) is 5.65. The van der Waals surface area contributed by atoms with Gasteiger partial charge in [-0.2, -0.15) is 0 Å². The molecule has 1 atom stereocenters. The Bertz CT molecular complexity index is 299. The lowest BCUT2D eigenvalue weighted by atomic mass is 10.0. The highest BCUT2D eigenvalue weighted by Crippen LogP contribution is 2.24. The summed E-state index contributed by atoms with van der Waals surface area (Å²) in [4.78, 5) is 0. The second-order valence-corrected chi connectivity index (χ2v) is 4.33. The first-order valence-corrected chi connectivity index (χ1v) is 5.53. The zero-order chi connectivity index (χ0) is 11.3. The van der Waals surface area contributed by atoms with E-state index in [1.165, 1.54) is 0 Å². The van der Waals surface area contributed by atoms with Crippen molar-refractivity contribution < 1.29 is 14.3 Å². The van der Waals surface area contributed by atoms with E-state index in [2.05, 4.69) is 21.2 Å². The molecule has 1 rings (SSSR count). The van der Waals surface area contributed by atoms with Crippen molar-refractivity contribution in [1.29, 1.82) is 0 Å². The molecule has 15 heavy (non-hydrogen) atoms. The van der Waals surface area contributed by atoms with E-state index >= 15 is 0 Å². The lowest BCUT2D eigenvalue weighted by Crippen LogP contribution is -2.36. The maximum Gasteiger partial charge on any atom is 0.169 e. The smallest absolute Gasteiger partial charge is 0.169 e. The van der Waals surface area contributed by atoms with E-state index in [0.717, 1.165) is 0 Å². The van der Waals surface area contributed by atoms with Crippen molar-refractivity contribution in [3.63, 3.8) is 0 Å². The molecule has 2 N–H and O–H groups in total. The monoisotopic (exact) mass is 277 g/mol. The quantitative estimate of drug-likeness (QED) is 0.774. The Morgan fingerprint density at radius 1 is 1.60 bits per heavy atom. The summed E-state index contributed by atoms with van der Waals surface area (Å²) in [6, 6.07) is 3.51. The van der Waals surface area contributed by atoms with Crippen LogP contribution in [-0.4, -0.2) is 31.9 Å². The van der Waals surface area contributed by atoms with E-state index < -0.39 is 5.60 Å². The van der Waals surface area contributed by atoms with E-state index in [9.17, 15) is 5.11 Å². The van der Waals surface area contributed by atoms with Crippen molar-refractivity contribution in [2.24, 2.45) is 0 Å². The first-order chi connectivity index (χ1) is 7.06. The number of rotatable bonds is 6. The highest BCUT2D eigenvalue weighted by molar-refractivity contribution is 9.10. The molecule has 1 heterocycles. The molecule has 86 valence electrons. The fourth-order valence-electron chi connectivity index (χ4n) is 1.20. The molecule has 0 aliphatic carbocycles. The third-order valence-corrected chi connectivity index (χ3v) is 2.48. The summed E-state index contributed by atoms with van der Waals surface area (Å²) in [7, 11) is 1.64. The molecule has 1 unspecified atom stereocenters. The number of aliphatic hydroxyl groups is 1. The van der Waals surface area contributed by atoms with Gasteiger partial charge in [-0.3, -0.25) is 0 Å². The highest BCUT2D eigenvalue weighted by atomic mass is 79.9. The first kappa shape index (κ1) is 12.7. The lowest BCUT2D eigenvalue weighted by molar-refractivity contribution is 0.0320. The maximum absolute atomic E-state index is 10.1. The van der Waals surface area contributed by atoms with Crippen molar-refractivity contribution in [2.75, 3.05) is 26.8 Å². The van der Waals surface area contributed by atoms with Gasteiger partial charge in [0, 0.05) is 20.2 Å². The molecular weight excluding hydrogens is 262 g/mol. The van der Waals surface area contributed by atoms with Gasteiger partial charge in [0.25, 0.3) is 0 Å². The fraction of sp³-hybridized carbons (Fsp3) is 0.600. The molecule has 0 radical (unpaired) electrons. The number of nitrogens with one attached hydrogen (secondary N) is 1. The third kappa shape index (κ3) is 3.95. The van der Waals surface area contributed by atoms with Crippen LogP contribution in [0.15, 0.2) is 21.2 Å². The molecule has 0 saturated carbocycles. The van der Waals surface area contributed by atoms with Crippen molar-refractivity contribution >= 4 is 15.9 Å². The summed E-state index contributed by atoms with van der Waals surface area (Å²) in [5.74, 6) is 0.541. The van der Waals surface area contributed by atoms with E-state index in [1.807, 2.05) is 0 Å². The molecule has 0 aliphatic heterocycles. The van der Waals surface area contributed by atoms with Crippen molar-refractivity contribution in [1.82, 2.24) is 5.32 Å². The second-order valence-electron chi connectivity index (χ2n) is 3.55. The van der Waals surface area contributed by atoms with E-state index in [-0.39, 0.29) is 0 Å². The van der Waals surface area contributed by atoms with E-state index in [1.54, 1.807) is 26.2 Å². The number of hydrogen-bond acceptors (Lipinski definition) is 4. The molecule has 0 fully saturated rings. The van der Waals surface area contributed by atoms with Gasteiger partial charge < -0.3 is 19.6 Å². The minimum absolute atomic E-state index is 0.427. The fourth-order valence-corrected chi connectivity index (χ4v) is 1.50. The first-order valence-electron chi connectivity index (χ1n) is 4.74. The third-order valence-electron chi connectivity index (χ3n) is 2.06. The van der Waals surface area contributed by atoms with Crippen LogP contribution in [0.4, 0.5) is 0 Å². The topological polar surface area (TPSA) is 54.6 Å². The van der Waals surface area contributed by atoms with Gasteiger partial charge in [0.05, 0.1) is 6.61 Å². The van der Waals surface area contributed by atoms with Crippen molar-refractivity contribution in [3.05, 3.63) is 22.6 Å². The summed E-state index contributed by atoms with van der Waals surface area (Å²) < 4.78 is 10.8. The largest absolute Gasteiger partial charge is 0.451 e. The Morgan fingerprint density at radius 2 is 2.33 bits per heavy atom. The number of halogens is 1. The molecule has 4 nitrogen and oxygen atoms in total. The number of furan rings is 1. The molecule has 0 bridgehead atoms. The van der Waals surface area contributed by atoms with Gasteiger partial charge in [-0.15, -0.1) is 0 Å². The predicted octanol–water partition coefficient (Wildman–Crippen LogP) is 1.49. The van der Waals surface area contributed by atoms with Gasteiger partial charge >= 0.3 is 0 Å². The summed E-state index contributed by atoms with van der Waals surface area (Å²) in [6.07, 6.45) is 0. The minimum Gasteiger partial charge on any atom is -0.451 e. The van der Waals surface area contributed by atoms with Crippen LogP contribution in [0.3, 0.4) is 0 Å². The summed E-state index contributed by atoms with van der Waals surface area (Å²) in [5, 5.41) is 13.2. The van der Waals surface area contributed by atoms with Crippen LogP contribution in [0.5, 0.6) is 0 Å². The Hall–Kier alpha value is -0.360. The normalized spacial score (nSPS) is 15.2. The zero-order valence-corrected chi connectivity index (χ0v) is 10.5. The van der Waals surface area contributed by atoms with Crippen molar-refractivity contribution in [2.45, 2.75) is 12.5 Å². The molecule has 1 aromatic heterocycles. The molecular formula is C10H16BrNO3. The van der Waals surface area contributed by atoms with Crippen LogP contribution in [0.2, 0.25) is 0 Å². The van der Waals surface area contributed by atoms with Crippen LogP contribution in [-0.2, 0) is 10.3 Å². The lowest BCUT2D eigenvalue weighted by Gasteiger charge is -2.21. The molecule has 5 heteroatoms. The average molecular weight is 278 g/mol. The number of methoxy groups -OCH3 is 1. The van der Waals surface area contributed by atoms with Crippen LogP contribution in [0, 0.1) is 0 Å². The van der Waals surface area contributed by atoms with Gasteiger partial charge in [0.2, 0.25) is 0 Å². The van der Waals surface area contributed by atoms with Gasteiger partial charge in [-0.05, 0) is 35.0 Å². The highest BCUT2D eigenvalue weighted by Gasteiger charge is 2.26. The summed E-state index contributed by atoms with van der Waals surface area (Å²) in [5.41, 5.74) is -1.00. The molecule has 0 spiro atoms. The zero-order valence-electron chi connectivity index (χ0n) is 8.92. The molecule has 0 aromatic carbocycles. The Labute approximate surface area is 97.7 Å². The number of ether oxygens (including phenoxy) is 1. The Balaban J connectivity index is 2.44. The maximum atomic E-state index is 10.1. The molecule has 1 aromatic rings.